The van der Waals surface area contributed by atoms with Crippen molar-refractivity contribution in [1.82, 2.24) is 5.32 Å². The minimum absolute atomic E-state index is 0.0405. The first-order valence-electron chi connectivity index (χ1n) is 3.48. The lowest BCUT2D eigenvalue weighted by molar-refractivity contribution is 0.332. The molecule has 0 aliphatic rings. The highest BCUT2D eigenvalue weighted by molar-refractivity contribution is 5.75. The largest absolute Gasteiger partial charge is 0.370 e. The third-order valence-electron chi connectivity index (χ3n) is 1.90. The van der Waals surface area contributed by atoms with Gasteiger partial charge in [-0.05, 0) is 19.8 Å². The predicted molar refractivity (Wildman–Crippen MR) is 44.0 cm³/mol. The first-order valence-corrected chi connectivity index (χ1v) is 3.48. The topological polar surface area (TPSA) is 61.9 Å². The Kier molecular flexibility index (Phi) is 2.69. The highest BCUT2D eigenvalue weighted by Gasteiger charge is 2.21. The quantitative estimate of drug-likeness (QED) is 0.397. The molecule has 0 heterocycles. The van der Waals surface area contributed by atoms with Gasteiger partial charge in [0.05, 0.1) is 0 Å². The second kappa shape index (κ2) is 2.90. The maximum Gasteiger partial charge on any atom is 0.186 e. The molecule has 0 saturated carbocycles. The third-order valence-corrected chi connectivity index (χ3v) is 1.90. The maximum atomic E-state index is 7.01. The molecular formula is C7H17N3. The molecule has 0 unspecified atom stereocenters. The van der Waals surface area contributed by atoms with Crippen LogP contribution >= 0.6 is 0 Å². The molecule has 0 aromatic carbocycles. The van der Waals surface area contributed by atoms with E-state index in [4.69, 9.17) is 11.1 Å². The van der Waals surface area contributed by atoms with Gasteiger partial charge >= 0.3 is 0 Å². The van der Waals surface area contributed by atoms with Crippen molar-refractivity contribution in [2.24, 2.45) is 11.7 Å². The van der Waals surface area contributed by atoms with Gasteiger partial charge in [-0.25, -0.2) is 0 Å². The van der Waals surface area contributed by atoms with Gasteiger partial charge in [0.15, 0.2) is 5.96 Å². The van der Waals surface area contributed by atoms with Crippen LogP contribution in [0.15, 0.2) is 0 Å². The van der Waals surface area contributed by atoms with Gasteiger partial charge in [-0.3, -0.25) is 5.41 Å². The van der Waals surface area contributed by atoms with Crippen molar-refractivity contribution in [2.75, 3.05) is 0 Å². The molecule has 0 bridgehead atoms. The van der Waals surface area contributed by atoms with Gasteiger partial charge in [-0.15, -0.1) is 0 Å². The molecule has 0 atom stereocenters. The molecule has 0 rings (SSSR count). The SMILES string of the molecule is CC(C)C(C)(C)NC(=N)N. The van der Waals surface area contributed by atoms with E-state index >= 15 is 0 Å². The summed E-state index contributed by atoms with van der Waals surface area (Å²) in [6.07, 6.45) is 0. The van der Waals surface area contributed by atoms with E-state index in [0.29, 0.717) is 5.92 Å². The van der Waals surface area contributed by atoms with Crippen LogP contribution in [0.4, 0.5) is 0 Å². The van der Waals surface area contributed by atoms with Gasteiger partial charge in [0.1, 0.15) is 0 Å². The zero-order valence-electron chi connectivity index (χ0n) is 7.15. The summed E-state index contributed by atoms with van der Waals surface area (Å²) in [4.78, 5) is 0. The number of nitrogens with one attached hydrogen (secondary N) is 2. The monoisotopic (exact) mass is 143 g/mol. The van der Waals surface area contributed by atoms with E-state index in [1.165, 1.54) is 0 Å². The summed E-state index contributed by atoms with van der Waals surface area (Å²) in [5, 5.41) is 9.89. The Morgan fingerprint density at radius 3 is 2.00 bits per heavy atom. The van der Waals surface area contributed by atoms with Crippen molar-refractivity contribution in [3.8, 4) is 0 Å². The number of nitrogens with two attached hydrogens (primary N) is 1. The lowest BCUT2D eigenvalue weighted by atomic mass is 9.91. The minimum Gasteiger partial charge on any atom is -0.370 e. The van der Waals surface area contributed by atoms with Crippen LogP contribution in [0.2, 0.25) is 0 Å². The fraction of sp³-hybridized carbons (Fsp3) is 0.857. The molecule has 0 aromatic heterocycles. The molecule has 10 heavy (non-hydrogen) atoms. The summed E-state index contributed by atoms with van der Waals surface area (Å²) < 4.78 is 0. The smallest absolute Gasteiger partial charge is 0.186 e. The molecule has 3 nitrogen and oxygen atoms in total. The minimum atomic E-state index is -0.0775. The van der Waals surface area contributed by atoms with E-state index < -0.39 is 0 Å². The molecule has 0 radical (unpaired) electrons. The first kappa shape index (κ1) is 9.27. The molecule has 4 N–H and O–H groups in total. The zero-order valence-corrected chi connectivity index (χ0v) is 7.15. The molecule has 0 aliphatic heterocycles. The number of rotatable bonds is 2. The average Bonchev–Trinajstić information content (AvgIpc) is 1.60. The van der Waals surface area contributed by atoms with Crippen molar-refractivity contribution >= 4 is 5.96 Å². The lowest BCUT2D eigenvalue weighted by Crippen LogP contribution is -2.49. The Morgan fingerprint density at radius 1 is 1.50 bits per heavy atom. The van der Waals surface area contributed by atoms with Gasteiger partial charge in [0.2, 0.25) is 0 Å². The van der Waals surface area contributed by atoms with Gasteiger partial charge in [-0.1, -0.05) is 13.8 Å². The fourth-order valence-electron chi connectivity index (χ4n) is 0.491. The fourth-order valence-corrected chi connectivity index (χ4v) is 0.491. The molecule has 0 spiro atoms. The molecule has 0 amide bonds. The van der Waals surface area contributed by atoms with Crippen molar-refractivity contribution in [2.45, 2.75) is 33.2 Å². The van der Waals surface area contributed by atoms with E-state index in [1.54, 1.807) is 0 Å². The van der Waals surface area contributed by atoms with Crippen LogP contribution in [-0.2, 0) is 0 Å². The summed E-state index contributed by atoms with van der Waals surface area (Å²) in [5.41, 5.74) is 5.11. The molecule has 0 aliphatic carbocycles. The van der Waals surface area contributed by atoms with Gasteiger partial charge in [0, 0.05) is 5.54 Å². The van der Waals surface area contributed by atoms with E-state index in [1.807, 2.05) is 13.8 Å². The molecule has 0 fully saturated rings. The summed E-state index contributed by atoms with van der Waals surface area (Å²) in [5.74, 6) is 0.509. The zero-order chi connectivity index (χ0) is 8.36. The summed E-state index contributed by atoms with van der Waals surface area (Å²) in [6.45, 7) is 8.24. The normalized spacial score (nSPS) is 11.7. The van der Waals surface area contributed by atoms with Gasteiger partial charge < -0.3 is 11.1 Å². The van der Waals surface area contributed by atoms with E-state index in [2.05, 4.69) is 19.2 Å². The van der Waals surface area contributed by atoms with Crippen LogP contribution in [0.5, 0.6) is 0 Å². The Labute approximate surface area is 62.5 Å². The molecule has 3 heteroatoms. The van der Waals surface area contributed by atoms with Crippen LogP contribution in [0.1, 0.15) is 27.7 Å². The van der Waals surface area contributed by atoms with Crippen molar-refractivity contribution in [1.29, 1.82) is 5.41 Å². The number of hydrogen-bond acceptors (Lipinski definition) is 1. The maximum absolute atomic E-state index is 7.01. The standard InChI is InChI=1S/C7H17N3/c1-5(2)7(3,4)10-6(8)9/h5H,1-4H3,(H4,8,9,10). The molecular weight excluding hydrogens is 126 g/mol. The van der Waals surface area contributed by atoms with Crippen LogP contribution in [0, 0.1) is 11.3 Å². The average molecular weight is 143 g/mol. The Balaban J connectivity index is 3.99. The van der Waals surface area contributed by atoms with Gasteiger partial charge in [-0.2, -0.15) is 0 Å². The lowest BCUT2D eigenvalue weighted by Gasteiger charge is -2.30. The Morgan fingerprint density at radius 2 is 1.90 bits per heavy atom. The Bertz CT molecular complexity index is 127. The Hall–Kier alpha value is -0.730. The van der Waals surface area contributed by atoms with E-state index in [0.717, 1.165) is 0 Å². The number of guanidine groups is 1. The van der Waals surface area contributed by atoms with Crippen LogP contribution in [0.3, 0.4) is 0 Å². The molecule has 60 valence electrons. The highest BCUT2D eigenvalue weighted by atomic mass is 15.1. The van der Waals surface area contributed by atoms with Gasteiger partial charge in [0.25, 0.3) is 0 Å². The van der Waals surface area contributed by atoms with Crippen molar-refractivity contribution < 1.29 is 0 Å². The van der Waals surface area contributed by atoms with Crippen LogP contribution < -0.4 is 11.1 Å². The molecule has 0 aromatic rings. The van der Waals surface area contributed by atoms with E-state index in [-0.39, 0.29) is 11.5 Å². The van der Waals surface area contributed by atoms with Crippen molar-refractivity contribution in [3.63, 3.8) is 0 Å². The van der Waals surface area contributed by atoms with Crippen LogP contribution in [0.25, 0.3) is 0 Å². The number of hydrogen-bond donors (Lipinski definition) is 3. The predicted octanol–water partition coefficient (Wildman–Crippen LogP) is 0.904. The summed E-state index contributed by atoms with van der Waals surface area (Å²) in [6, 6.07) is 0. The first-order chi connectivity index (χ1) is 4.36. The second-order valence-electron chi connectivity index (χ2n) is 3.42. The third kappa shape index (κ3) is 2.71. The second-order valence-corrected chi connectivity index (χ2v) is 3.42. The van der Waals surface area contributed by atoms with Crippen molar-refractivity contribution in [3.05, 3.63) is 0 Å². The van der Waals surface area contributed by atoms with E-state index in [9.17, 15) is 0 Å². The highest BCUT2D eigenvalue weighted by Crippen LogP contribution is 2.13. The molecule has 0 saturated heterocycles. The summed E-state index contributed by atoms with van der Waals surface area (Å²) in [7, 11) is 0. The van der Waals surface area contributed by atoms with Crippen LogP contribution in [-0.4, -0.2) is 11.5 Å². The summed E-state index contributed by atoms with van der Waals surface area (Å²) >= 11 is 0.